The van der Waals surface area contributed by atoms with Crippen molar-refractivity contribution in [2.75, 3.05) is 7.05 Å². The molecule has 0 bridgehead atoms. The molecular weight excluding hydrogens is 219 g/mol. The first-order chi connectivity index (χ1) is 7.45. The van der Waals surface area contributed by atoms with Crippen molar-refractivity contribution in [2.24, 2.45) is 4.99 Å². The number of benzene rings is 1. The smallest absolute Gasteiger partial charge is 0.292 e. The Bertz CT molecular complexity index is 395. The van der Waals surface area contributed by atoms with E-state index in [9.17, 15) is 18.0 Å². The van der Waals surface area contributed by atoms with E-state index in [0.29, 0.717) is 5.56 Å². The maximum Gasteiger partial charge on any atom is 0.450 e. The molecule has 0 aliphatic heterocycles. The first-order valence-corrected chi connectivity index (χ1v) is 4.56. The summed E-state index contributed by atoms with van der Waals surface area (Å²) in [6.45, 7) is 0. The number of aliphatic imine (C=N–C) groups is 1. The molecule has 0 fully saturated rings. The molecule has 0 spiro atoms. The Hall–Kier alpha value is -1.65. The number of nitrogens with zero attached hydrogens (tertiary/aromatic N) is 1. The van der Waals surface area contributed by atoms with Crippen molar-refractivity contribution in [2.45, 2.75) is 12.6 Å². The number of ketones is 1. The zero-order chi connectivity index (χ0) is 12.2. The Labute approximate surface area is 90.8 Å². The van der Waals surface area contributed by atoms with Crippen LogP contribution < -0.4 is 0 Å². The Balaban J connectivity index is 2.84. The van der Waals surface area contributed by atoms with Gasteiger partial charge in [-0.1, -0.05) is 30.3 Å². The van der Waals surface area contributed by atoms with Gasteiger partial charge in [0.2, 0.25) is 5.78 Å². The minimum Gasteiger partial charge on any atom is -0.292 e. The average molecular weight is 229 g/mol. The molecule has 2 nitrogen and oxygen atoms in total. The highest BCUT2D eigenvalue weighted by molar-refractivity contribution is 6.12. The topological polar surface area (TPSA) is 29.4 Å². The molecule has 86 valence electrons. The van der Waals surface area contributed by atoms with E-state index >= 15 is 0 Å². The standard InChI is InChI=1S/C11H10F3NO/c1-15-9(7-10(16)11(12,13)14)8-5-3-2-4-6-8/h2-6H,7H2,1H3. The van der Waals surface area contributed by atoms with Crippen LogP contribution in [0.25, 0.3) is 0 Å². The van der Waals surface area contributed by atoms with Crippen molar-refractivity contribution in [3.63, 3.8) is 0 Å². The van der Waals surface area contributed by atoms with Crippen LogP contribution >= 0.6 is 0 Å². The first kappa shape index (κ1) is 12.4. The summed E-state index contributed by atoms with van der Waals surface area (Å²) in [7, 11) is 1.37. The van der Waals surface area contributed by atoms with Crippen LogP contribution in [-0.2, 0) is 4.79 Å². The zero-order valence-electron chi connectivity index (χ0n) is 8.58. The second-order valence-corrected chi connectivity index (χ2v) is 3.13. The number of halogens is 3. The maximum absolute atomic E-state index is 12.1. The predicted octanol–water partition coefficient (Wildman–Crippen LogP) is 2.63. The van der Waals surface area contributed by atoms with Gasteiger partial charge in [0.25, 0.3) is 0 Å². The van der Waals surface area contributed by atoms with Crippen molar-refractivity contribution < 1.29 is 18.0 Å². The molecule has 0 N–H and O–H groups in total. The molecule has 1 rings (SSSR count). The molecule has 0 saturated carbocycles. The zero-order valence-corrected chi connectivity index (χ0v) is 8.58. The van der Waals surface area contributed by atoms with E-state index in [1.165, 1.54) is 7.05 Å². The molecule has 0 amide bonds. The lowest BCUT2D eigenvalue weighted by Gasteiger charge is -2.07. The molecule has 0 radical (unpaired) electrons. The second-order valence-electron chi connectivity index (χ2n) is 3.13. The molecule has 0 aliphatic rings. The van der Waals surface area contributed by atoms with Crippen molar-refractivity contribution in [1.29, 1.82) is 0 Å². The molecule has 0 aliphatic carbocycles. The van der Waals surface area contributed by atoms with Crippen molar-refractivity contribution >= 4 is 11.5 Å². The number of alkyl halides is 3. The van der Waals surface area contributed by atoms with Crippen molar-refractivity contribution in [3.8, 4) is 0 Å². The summed E-state index contributed by atoms with van der Waals surface area (Å²) >= 11 is 0. The Morgan fingerprint density at radius 1 is 1.25 bits per heavy atom. The summed E-state index contributed by atoms with van der Waals surface area (Å²) < 4.78 is 36.2. The molecule has 0 saturated heterocycles. The second kappa shape index (κ2) is 4.92. The van der Waals surface area contributed by atoms with Crippen LogP contribution in [-0.4, -0.2) is 24.7 Å². The van der Waals surface area contributed by atoms with Crippen LogP contribution in [0.3, 0.4) is 0 Å². The largest absolute Gasteiger partial charge is 0.450 e. The highest BCUT2D eigenvalue weighted by Crippen LogP contribution is 2.19. The predicted molar refractivity (Wildman–Crippen MR) is 54.6 cm³/mol. The SMILES string of the molecule is CN=C(CC(=O)C(F)(F)F)c1ccccc1. The minimum atomic E-state index is -4.80. The first-order valence-electron chi connectivity index (χ1n) is 4.56. The van der Waals surface area contributed by atoms with Gasteiger partial charge in [0.15, 0.2) is 0 Å². The van der Waals surface area contributed by atoms with E-state index < -0.39 is 18.4 Å². The summed E-state index contributed by atoms with van der Waals surface area (Å²) in [5, 5.41) is 0. The van der Waals surface area contributed by atoms with Crippen LogP contribution in [0.15, 0.2) is 35.3 Å². The molecular formula is C11H10F3NO. The van der Waals surface area contributed by atoms with Crippen molar-refractivity contribution in [3.05, 3.63) is 35.9 Å². The molecule has 1 aromatic carbocycles. The van der Waals surface area contributed by atoms with Gasteiger partial charge in [-0.15, -0.1) is 0 Å². The van der Waals surface area contributed by atoms with Crippen LogP contribution in [0.4, 0.5) is 13.2 Å². The minimum absolute atomic E-state index is 0.142. The van der Waals surface area contributed by atoms with E-state index in [1.54, 1.807) is 30.3 Å². The molecule has 5 heteroatoms. The number of carbonyl (C=O) groups excluding carboxylic acids is 1. The fourth-order valence-corrected chi connectivity index (χ4v) is 1.19. The van der Waals surface area contributed by atoms with Crippen LogP contribution in [0.2, 0.25) is 0 Å². The number of carbonyl (C=O) groups is 1. The molecule has 0 unspecified atom stereocenters. The van der Waals surface area contributed by atoms with E-state index in [2.05, 4.69) is 4.99 Å². The molecule has 0 atom stereocenters. The van der Waals surface area contributed by atoms with E-state index in [-0.39, 0.29) is 5.71 Å². The van der Waals surface area contributed by atoms with Gasteiger partial charge in [0.05, 0.1) is 6.42 Å². The van der Waals surface area contributed by atoms with Gasteiger partial charge >= 0.3 is 6.18 Å². The number of Topliss-reactive ketones (excluding diaryl/α,β-unsaturated/α-hetero) is 1. The highest BCUT2D eigenvalue weighted by atomic mass is 19.4. The van der Waals surface area contributed by atoms with Gasteiger partial charge in [-0.25, -0.2) is 0 Å². The third-order valence-corrected chi connectivity index (χ3v) is 2.02. The van der Waals surface area contributed by atoms with Gasteiger partial charge in [0.1, 0.15) is 0 Å². The van der Waals surface area contributed by atoms with Crippen LogP contribution in [0.1, 0.15) is 12.0 Å². The third kappa shape index (κ3) is 3.18. The van der Waals surface area contributed by atoms with E-state index in [4.69, 9.17) is 0 Å². The third-order valence-electron chi connectivity index (χ3n) is 2.02. The lowest BCUT2D eigenvalue weighted by atomic mass is 10.0. The van der Waals surface area contributed by atoms with Gasteiger partial charge in [-0.2, -0.15) is 13.2 Å². The monoisotopic (exact) mass is 229 g/mol. The lowest BCUT2D eigenvalue weighted by Crippen LogP contribution is -2.25. The van der Waals surface area contributed by atoms with Gasteiger partial charge in [-0.05, 0) is 5.56 Å². The Morgan fingerprint density at radius 2 is 1.81 bits per heavy atom. The summed E-state index contributed by atoms with van der Waals surface area (Å²) in [6.07, 6.45) is -5.52. The number of hydrogen-bond donors (Lipinski definition) is 0. The van der Waals surface area contributed by atoms with Crippen LogP contribution in [0, 0.1) is 0 Å². The fourth-order valence-electron chi connectivity index (χ4n) is 1.19. The van der Waals surface area contributed by atoms with E-state index in [0.717, 1.165) is 0 Å². The van der Waals surface area contributed by atoms with Crippen LogP contribution in [0.5, 0.6) is 0 Å². The Kier molecular flexibility index (Phi) is 3.82. The summed E-state index contributed by atoms with van der Waals surface area (Å²) in [4.78, 5) is 14.5. The van der Waals surface area contributed by atoms with Crippen molar-refractivity contribution in [1.82, 2.24) is 0 Å². The Morgan fingerprint density at radius 3 is 2.25 bits per heavy atom. The average Bonchev–Trinajstić information content (AvgIpc) is 2.25. The number of rotatable bonds is 3. The molecule has 1 aromatic rings. The molecule has 0 heterocycles. The van der Waals surface area contributed by atoms with Gasteiger partial charge < -0.3 is 0 Å². The quantitative estimate of drug-likeness (QED) is 0.732. The highest BCUT2D eigenvalue weighted by Gasteiger charge is 2.38. The maximum atomic E-state index is 12.1. The summed E-state index contributed by atoms with van der Waals surface area (Å²) in [5.74, 6) is -1.78. The van der Waals surface area contributed by atoms with Gasteiger partial charge in [0, 0.05) is 12.8 Å². The van der Waals surface area contributed by atoms with Gasteiger partial charge in [-0.3, -0.25) is 9.79 Å². The summed E-state index contributed by atoms with van der Waals surface area (Å²) in [6, 6.07) is 8.33. The summed E-state index contributed by atoms with van der Waals surface area (Å²) in [5.41, 5.74) is 0.672. The normalized spacial score (nSPS) is 12.6. The fraction of sp³-hybridized carbons (Fsp3) is 0.273. The lowest BCUT2D eigenvalue weighted by molar-refractivity contribution is -0.169. The number of hydrogen-bond acceptors (Lipinski definition) is 2. The molecule has 16 heavy (non-hydrogen) atoms. The molecule has 0 aromatic heterocycles. The van der Waals surface area contributed by atoms with E-state index in [1.807, 2.05) is 0 Å².